The van der Waals surface area contributed by atoms with E-state index in [1.165, 1.54) is 12.1 Å². The molecule has 0 fully saturated rings. The lowest BCUT2D eigenvalue weighted by atomic mass is 10.4. The van der Waals surface area contributed by atoms with Crippen molar-refractivity contribution in [3.05, 3.63) is 36.9 Å². The van der Waals surface area contributed by atoms with Crippen molar-refractivity contribution in [3.8, 4) is 0 Å². The molecule has 1 aromatic rings. The minimum absolute atomic E-state index is 0.303. The summed E-state index contributed by atoms with van der Waals surface area (Å²) < 4.78 is 48.3. The summed E-state index contributed by atoms with van der Waals surface area (Å²) in [4.78, 5) is -0.303. The average molecular weight is 207 g/mol. The highest BCUT2D eigenvalue weighted by Crippen LogP contribution is 2.17. The van der Waals surface area contributed by atoms with Gasteiger partial charge in [-0.3, -0.25) is 0 Å². The van der Waals surface area contributed by atoms with Gasteiger partial charge in [-0.15, -0.1) is 0 Å². The number of benzene rings is 1. The fourth-order valence-electron chi connectivity index (χ4n) is 0.718. The lowest BCUT2D eigenvalue weighted by Crippen LogP contribution is -2.05. The summed E-state index contributed by atoms with van der Waals surface area (Å²) in [6, 6.07) is 6.71. The smallest absolute Gasteiger partial charge is 0.194 e. The van der Waals surface area contributed by atoms with E-state index in [9.17, 15) is 17.2 Å². The molecule has 1 rings (SSSR count). The lowest BCUT2D eigenvalue weighted by Gasteiger charge is -2.01. The van der Waals surface area contributed by atoms with E-state index in [2.05, 4.69) is 4.18 Å². The summed E-state index contributed by atoms with van der Waals surface area (Å²) in [5, 5.41) is 0. The first-order valence-electron chi connectivity index (χ1n) is 3.20. The van der Waals surface area contributed by atoms with E-state index in [-0.39, 0.29) is 4.90 Å². The molecule has 1 aromatic carbocycles. The molecule has 0 aliphatic carbocycles. The van der Waals surface area contributed by atoms with E-state index in [4.69, 9.17) is 0 Å². The Balaban J connectivity index is 2.96. The lowest BCUT2D eigenvalue weighted by molar-refractivity contribution is 0.0812. The van der Waals surface area contributed by atoms with E-state index in [1.807, 2.05) is 0 Å². The second-order valence-corrected chi connectivity index (χ2v) is 3.62. The molecule has 6 heteroatoms. The Morgan fingerprint density at radius 1 is 1.15 bits per heavy atom. The van der Waals surface area contributed by atoms with Crippen molar-refractivity contribution in [2.75, 3.05) is 0 Å². The largest absolute Gasteiger partial charge is 0.464 e. The summed E-state index contributed by atoms with van der Waals surface area (Å²) in [5.41, 5.74) is 0. The molecule has 0 saturated heterocycles. The van der Waals surface area contributed by atoms with Gasteiger partial charge in [0, 0.05) is 0 Å². The fraction of sp³-hybridized carbons (Fsp3) is 0. The molecule has 0 aromatic heterocycles. The Bertz CT molecular complexity index is 361. The first-order chi connectivity index (χ1) is 6.02. The Morgan fingerprint density at radius 2 is 1.69 bits per heavy atom. The highest BCUT2D eigenvalue weighted by atomic mass is 32.2. The van der Waals surface area contributed by atoms with Gasteiger partial charge in [0.1, 0.15) is 0 Å². The van der Waals surface area contributed by atoms with Gasteiger partial charge in [0.2, 0.25) is 0 Å². The number of hydrogen-bond acceptors (Lipinski definition) is 3. The van der Waals surface area contributed by atoms with E-state index in [0.29, 0.717) is 0 Å². The van der Waals surface area contributed by atoms with Crippen LogP contribution in [-0.2, 0) is 14.3 Å². The maximum absolute atomic E-state index is 11.5. The van der Waals surface area contributed by atoms with Crippen LogP contribution in [0.4, 0.5) is 8.78 Å². The molecule has 0 bridgehead atoms. The maximum Gasteiger partial charge on any atom is 0.464 e. The van der Waals surface area contributed by atoms with Crippen LogP contribution in [-0.4, -0.2) is 8.42 Å². The number of rotatable bonds is 3. The van der Waals surface area contributed by atoms with Gasteiger partial charge in [-0.1, -0.05) is 18.2 Å². The van der Waals surface area contributed by atoms with Crippen molar-refractivity contribution in [3.63, 3.8) is 0 Å². The molecule has 0 saturated carbocycles. The molecule has 0 amide bonds. The van der Waals surface area contributed by atoms with Crippen LogP contribution >= 0.6 is 0 Å². The molecule has 0 atom stereocenters. The maximum atomic E-state index is 11.5. The van der Waals surface area contributed by atoms with Crippen LogP contribution < -0.4 is 0 Å². The fourth-order valence-corrected chi connectivity index (χ4v) is 1.47. The second-order valence-electron chi connectivity index (χ2n) is 2.08. The van der Waals surface area contributed by atoms with Crippen LogP contribution in [0.1, 0.15) is 0 Å². The van der Waals surface area contributed by atoms with Gasteiger partial charge < -0.3 is 0 Å². The molecule has 1 radical (unpaired) electrons. The van der Waals surface area contributed by atoms with Gasteiger partial charge >= 0.3 is 16.7 Å². The third-order valence-electron chi connectivity index (χ3n) is 1.20. The summed E-state index contributed by atoms with van der Waals surface area (Å²) in [6.07, 6.45) is 0. The first-order valence-corrected chi connectivity index (χ1v) is 4.61. The van der Waals surface area contributed by atoms with Crippen LogP contribution in [0.3, 0.4) is 0 Å². The Kier molecular flexibility index (Phi) is 2.94. The zero-order chi connectivity index (χ0) is 9.90. The van der Waals surface area contributed by atoms with Crippen molar-refractivity contribution >= 4 is 10.1 Å². The zero-order valence-electron chi connectivity index (χ0n) is 6.28. The van der Waals surface area contributed by atoms with Gasteiger partial charge in [0.25, 0.3) is 0 Å². The van der Waals surface area contributed by atoms with Crippen molar-refractivity contribution in [1.29, 1.82) is 0 Å². The third-order valence-corrected chi connectivity index (χ3v) is 2.40. The molecule has 71 valence electrons. The minimum Gasteiger partial charge on any atom is -0.194 e. The van der Waals surface area contributed by atoms with E-state index in [0.717, 1.165) is 12.1 Å². The van der Waals surface area contributed by atoms with Crippen LogP contribution in [0.5, 0.6) is 0 Å². The molecule has 3 nitrogen and oxygen atoms in total. The molecule has 0 spiro atoms. The van der Waals surface area contributed by atoms with Gasteiger partial charge in [-0.05, 0) is 12.1 Å². The molecule has 0 aliphatic rings. The van der Waals surface area contributed by atoms with Crippen LogP contribution in [0.25, 0.3) is 0 Å². The van der Waals surface area contributed by atoms with Crippen molar-refractivity contribution in [2.45, 2.75) is 4.90 Å². The SMILES string of the molecule is O=S(=O)(O[C](F)F)c1ccccc1. The second kappa shape index (κ2) is 3.80. The highest BCUT2D eigenvalue weighted by Gasteiger charge is 2.21. The van der Waals surface area contributed by atoms with Gasteiger partial charge in [-0.2, -0.15) is 21.4 Å². The topological polar surface area (TPSA) is 43.4 Å². The summed E-state index contributed by atoms with van der Waals surface area (Å²) in [7, 11) is -4.35. The summed E-state index contributed by atoms with van der Waals surface area (Å²) in [6.45, 7) is -2.59. The molecule has 13 heavy (non-hydrogen) atoms. The first kappa shape index (κ1) is 10.1. The predicted octanol–water partition coefficient (Wildman–Crippen LogP) is 1.78. The summed E-state index contributed by atoms with van der Waals surface area (Å²) >= 11 is 0. The Hall–Kier alpha value is -1.01. The van der Waals surface area contributed by atoms with Crippen LogP contribution in [0.2, 0.25) is 0 Å². The van der Waals surface area contributed by atoms with Crippen LogP contribution in [0, 0.1) is 6.61 Å². The van der Waals surface area contributed by atoms with E-state index in [1.54, 1.807) is 6.07 Å². The normalized spacial score (nSPS) is 11.9. The average Bonchev–Trinajstić information content (AvgIpc) is 2.04. The monoisotopic (exact) mass is 207 g/mol. The van der Waals surface area contributed by atoms with Crippen molar-refractivity contribution in [2.24, 2.45) is 0 Å². The van der Waals surface area contributed by atoms with Crippen LogP contribution in [0.15, 0.2) is 35.2 Å². The molecule has 0 heterocycles. The van der Waals surface area contributed by atoms with Gasteiger partial charge in [-0.25, -0.2) is 0 Å². The Labute approximate surface area is 74.1 Å². The number of hydrogen-bond donors (Lipinski definition) is 0. The highest BCUT2D eigenvalue weighted by molar-refractivity contribution is 7.86. The minimum atomic E-state index is -4.35. The Morgan fingerprint density at radius 3 is 2.15 bits per heavy atom. The number of halogens is 2. The molecule has 0 unspecified atom stereocenters. The van der Waals surface area contributed by atoms with Gasteiger partial charge in [0.15, 0.2) is 0 Å². The summed E-state index contributed by atoms with van der Waals surface area (Å²) in [5.74, 6) is 0. The third kappa shape index (κ3) is 2.74. The van der Waals surface area contributed by atoms with E-state index >= 15 is 0 Å². The van der Waals surface area contributed by atoms with Gasteiger partial charge in [0.05, 0.1) is 4.90 Å². The van der Waals surface area contributed by atoms with Crippen molar-refractivity contribution < 1.29 is 21.4 Å². The molecular weight excluding hydrogens is 202 g/mol. The molecule has 0 aliphatic heterocycles. The van der Waals surface area contributed by atoms with Crippen molar-refractivity contribution in [1.82, 2.24) is 0 Å². The molecular formula is C7H5F2O3S. The zero-order valence-corrected chi connectivity index (χ0v) is 7.09. The predicted molar refractivity (Wildman–Crippen MR) is 40.2 cm³/mol. The van der Waals surface area contributed by atoms with E-state index < -0.39 is 16.7 Å². The molecule has 0 N–H and O–H groups in total. The quantitative estimate of drug-likeness (QED) is 0.709. The standard InChI is InChI=1S/C7H5F2O3S/c8-7(9)12-13(10,11)6-4-2-1-3-5-6/h1-5H.